The zero-order valence-corrected chi connectivity index (χ0v) is 19.3. The van der Waals surface area contributed by atoms with Gasteiger partial charge < -0.3 is 19.9 Å². The topological polar surface area (TPSA) is 66.7 Å². The first kappa shape index (κ1) is 22.1. The van der Waals surface area contributed by atoms with E-state index in [0.29, 0.717) is 12.6 Å². The second kappa shape index (κ2) is 10.5. The van der Waals surface area contributed by atoms with E-state index in [2.05, 4.69) is 45.2 Å². The Morgan fingerprint density at radius 1 is 1.09 bits per heavy atom. The number of likely N-dealkylation sites (tertiary alicyclic amines) is 1. The molecule has 2 N–H and O–H groups in total. The van der Waals surface area contributed by atoms with Crippen LogP contribution >= 0.6 is 0 Å². The molecule has 0 spiro atoms. The Bertz CT molecular complexity index is 1040. The molecule has 1 fully saturated rings. The Balaban J connectivity index is 1.48. The van der Waals surface area contributed by atoms with Crippen LogP contribution in [0, 0.1) is 0 Å². The molecule has 32 heavy (non-hydrogen) atoms. The molecule has 1 saturated heterocycles. The number of nitrogens with zero attached hydrogens (tertiary/aromatic N) is 4. The van der Waals surface area contributed by atoms with Crippen molar-refractivity contribution in [1.29, 1.82) is 0 Å². The van der Waals surface area contributed by atoms with Crippen LogP contribution in [-0.2, 0) is 13.6 Å². The van der Waals surface area contributed by atoms with Crippen molar-refractivity contribution in [3.8, 4) is 5.75 Å². The number of methoxy groups -OCH3 is 1. The van der Waals surface area contributed by atoms with Gasteiger partial charge in [-0.05, 0) is 62.7 Å². The van der Waals surface area contributed by atoms with Gasteiger partial charge in [0.15, 0.2) is 5.96 Å². The number of nitrogens with one attached hydrogen (secondary N) is 2. The molecular formula is C25H34N6O. The number of guanidine groups is 1. The van der Waals surface area contributed by atoms with E-state index in [1.165, 1.54) is 18.4 Å². The highest BCUT2D eigenvalue weighted by Gasteiger charge is 2.23. The molecule has 4 rings (SSSR count). The van der Waals surface area contributed by atoms with Crippen molar-refractivity contribution in [1.82, 2.24) is 25.1 Å². The monoisotopic (exact) mass is 434 g/mol. The van der Waals surface area contributed by atoms with Gasteiger partial charge in [-0.2, -0.15) is 0 Å². The summed E-state index contributed by atoms with van der Waals surface area (Å²) >= 11 is 0. The van der Waals surface area contributed by atoms with E-state index in [9.17, 15) is 0 Å². The Labute approximate surface area is 190 Å². The number of aliphatic imine (C=N–C) groups is 1. The molecule has 1 aromatic heterocycles. The number of imidazole rings is 1. The van der Waals surface area contributed by atoms with Gasteiger partial charge in [0.05, 0.1) is 24.2 Å². The molecule has 3 aromatic rings. The van der Waals surface area contributed by atoms with Gasteiger partial charge >= 0.3 is 0 Å². The van der Waals surface area contributed by atoms with Crippen LogP contribution in [0.3, 0.4) is 0 Å². The average molecular weight is 435 g/mol. The number of hydrogen-bond donors (Lipinski definition) is 2. The molecule has 1 aliphatic heterocycles. The summed E-state index contributed by atoms with van der Waals surface area (Å²) in [5.74, 6) is 2.66. The maximum absolute atomic E-state index is 5.34. The van der Waals surface area contributed by atoms with Gasteiger partial charge in [0, 0.05) is 20.1 Å². The third-order valence-corrected chi connectivity index (χ3v) is 6.15. The van der Waals surface area contributed by atoms with Gasteiger partial charge in [-0.25, -0.2) is 9.98 Å². The van der Waals surface area contributed by atoms with Gasteiger partial charge in [0.1, 0.15) is 18.1 Å². The molecule has 2 heterocycles. The Morgan fingerprint density at radius 3 is 2.53 bits per heavy atom. The van der Waals surface area contributed by atoms with Crippen molar-refractivity contribution in [2.75, 3.05) is 33.3 Å². The maximum atomic E-state index is 5.34. The molecule has 0 bridgehead atoms. The highest BCUT2D eigenvalue weighted by molar-refractivity contribution is 5.80. The van der Waals surface area contributed by atoms with Crippen molar-refractivity contribution >= 4 is 17.0 Å². The highest BCUT2D eigenvalue weighted by atomic mass is 16.5. The molecule has 0 radical (unpaired) electrons. The molecule has 2 aromatic carbocycles. The first-order valence-corrected chi connectivity index (χ1v) is 11.5. The summed E-state index contributed by atoms with van der Waals surface area (Å²) in [4.78, 5) is 12.1. The lowest BCUT2D eigenvalue weighted by molar-refractivity contribution is 0.245. The smallest absolute Gasteiger partial charge is 0.191 e. The number of rotatable bonds is 8. The van der Waals surface area contributed by atoms with Gasteiger partial charge in [0.2, 0.25) is 0 Å². The average Bonchev–Trinajstić information content (AvgIpc) is 3.47. The number of aryl methyl sites for hydroxylation is 1. The van der Waals surface area contributed by atoms with Crippen LogP contribution in [0.5, 0.6) is 5.75 Å². The van der Waals surface area contributed by atoms with E-state index in [-0.39, 0.29) is 0 Å². The standard InChI is InChI=1S/C25H34N6O/c1-4-26-25(28-18-24-29-21-9-5-6-10-22(21)30(24)2)27-17-23(31-15-7-8-16-31)19-11-13-20(32-3)14-12-19/h5-6,9-14,23H,4,7-8,15-18H2,1-3H3,(H2,26,27,28). The summed E-state index contributed by atoms with van der Waals surface area (Å²) in [6.07, 6.45) is 2.51. The van der Waals surface area contributed by atoms with Crippen LogP contribution in [0.15, 0.2) is 53.5 Å². The third-order valence-electron chi connectivity index (χ3n) is 6.15. The number of hydrogen-bond acceptors (Lipinski definition) is 4. The van der Waals surface area contributed by atoms with Crippen molar-refractivity contribution in [2.45, 2.75) is 32.4 Å². The van der Waals surface area contributed by atoms with Crippen LogP contribution in [0.25, 0.3) is 11.0 Å². The van der Waals surface area contributed by atoms with Gasteiger partial charge in [-0.1, -0.05) is 24.3 Å². The lowest BCUT2D eigenvalue weighted by Crippen LogP contribution is -2.42. The van der Waals surface area contributed by atoms with E-state index >= 15 is 0 Å². The molecule has 7 nitrogen and oxygen atoms in total. The van der Waals surface area contributed by atoms with E-state index in [0.717, 1.165) is 54.7 Å². The van der Waals surface area contributed by atoms with Crippen molar-refractivity contribution in [3.05, 3.63) is 59.9 Å². The molecule has 0 amide bonds. The quantitative estimate of drug-likeness (QED) is 0.420. The van der Waals surface area contributed by atoms with Crippen LogP contribution in [-0.4, -0.2) is 53.7 Å². The molecule has 170 valence electrons. The molecule has 1 atom stereocenters. The van der Waals surface area contributed by atoms with Gasteiger partial charge in [0.25, 0.3) is 0 Å². The SMILES string of the molecule is CCNC(=NCc1nc2ccccc2n1C)NCC(c1ccc(OC)cc1)N1CCCC1. The number of aromatic nitrogens is 2. The summed E-state index contributed by atoms with van der Waals surface area (Å²) in [5.41, 5.74) is 3.43. The summed E-state index contributed by atoms with van der Waals surface area (Å²) in [6.45, 7) is 6.48. The molecule has 1 unspecified atom stereocenters. The summed E-state index contributed by atoms with van der Waals surface area (Å²) in [7, 11) is 3.76. The minimum Gasteiger partial charge on any atom is -0.497 e. The van der Waals surface area contributed by atoms with Crippen molar-refractivity contribution in [3.63, 3.8) is 0 Å². The number of benzene rings is 2. The normalized spacial score (nSPS) is 15.8. The Morgan fingerprint density at radius 2 is 1.84 bits per heavy atom. The minimum absolute atomic E-state index is 0.294. The maximum Gasteiger partial charge on any atom is 0.191 e. The summed E-state index contributed by atoms with van der Waals surface area (Å²) in [5, 5.41) is 6.96. The fourth-order valence-corrected chi connectivity index (χ4v) is 4.36. The fourth-order valence-electron chi connectivity index (χ4n) is 4.36. The largest absolute Gasteiger partial charge is 0.497 e. The molecule has 7 heteroatoms. The Kier molecular flexibility index (Phi) is 7.27. The van der Waals surface area contributed by atoms with Crippen LogP contribution in [0.2, 0.25) is 0 Å². The lowest BCUT2D eigenvalue weighted by atomic mass is 10.1. The summed E-state index contributed by atoms with van der Waals surface area (Å²) < 4.78 is 7.46. The van der Waals surface area contributed by atoms with E-state index in [1.807, 2.05) is 37.4 Å². The first-order chi connectivity index (χ1) is 15.7. The zero-order valence-electron chi connectivity index (χ0n) is 19.3. The molecule has 1 aliphatic rings. The van der Waals surface area contributed by atoms with E-state index < -0.39 is 0 Å². The summed E-state index contributed by atoms with van der Waals surface area (Å²) in [6, 6.07) is 16.9. The Hall–Kier alpha value is -3.06. The van der Waals surface area contributed by atoms with Crippen LogP contribution in [0.1, 0.15) is 37.2 Å². The van der Waals surface area contributed by atoms with Crippen LogP contribution in [0.4, 0.5) is 0 Å². The van der Waals surface area contributed by atoms with Crippen molar-refractivity contribution < 1.29 is 4.74 Å². The third kappa shape index (κ3) is 5.05. The number of ether oxygens (including phenoxy) is 1. The zero-order chi connectivity index (χ0) is 22.3. The minimum atomic E-state index is 0.294. The number of fused-ring (bicyclic) bond motifs is 1. The second-order valence-electron chi connectivity index (χ2n) is 8.18. The molecule has 0 aliphatic carbocycles. The first-order valence-electron chi connectivity index (χ1n) is 11.5. The lowest BCUT2D eigenvalue weighted by Gasteiger charge is -2.29. The second-order valence-corrected chi connectivity index (χ2v) is 8.18. The number of para-hydroxylation sites is 2. The van der Waals surface area contributed by atoms with Crippen molar-refractivity contribution in [2.24, 2.45) is 12.0 Å². The predicted octanol–water partition coefficient (Wildman–Crippen LogP) is 3.47. The van der Waals surface area contributed by atoms with Gasteiger partial charge in [-0.15, -0.1) is 0 Å². The van der Waals surface area contributed by atoms with Gasteiger partial charge in [-0.3, -0.25) is 4.90 Å². The highest BCUT2D eigenvalue weighted by Crippen LogP contribution is 2.26. The van der Waals surface area contributed by atoms with E-state index in [4.69, 9.17) is 14.7 Å². The fraction of sp³-hybridized carbons (Fsp3) is 0.440. The van der Waals surface area contributed by atoms with Crippen LogP contribution < -0.4 is 15.4 Å². The predicted molar refractivity (Wildman–Crippen MR) is 130 cm³/mol. The molecule has 0 saturated carbocycles. The van der Waals surface area contributed by atoms with E-state index in [1.54, 1.807) is 7.11 Å². The molecular weight excluding hydrogens is 400 g/mol.